The summed E-state index contributed by atoms with van der Waals surface area (Å²) in [7, 11) is -3.08. The Hall–Kier alpha value is -0.910. The highest BCUT2D eigenvalue weighted by molar-refractivity contribution is 7.88. The number of nitrogens with zero attached hydrogens (tertiary/aromatic N) is 1. The van der Waals surface area contributed by atoms with Gasteiger partial charge in [-0.1, -0.05) is 24.3 Å². The summed E-state index contributed by atoms with van der Waals surface area (Å²) in [6, 6.07) is 9.05. The first-order valence-corrected chi connectivity index (χ1v) is 9.00. The van der Waals surface area contributed by atoms with Crippen molar-refractivity contribution in [2.24, 2.45) is 0 Å². The Morgan fingerprint density at radius 1 is 1.35 bits per heavy atom. The molecule has 1 N–H and O–H groups in total. The summed E-state index contributed by atoms with van der Waals surface area (Å²) in [5.74, 6) is 0.560. The maximum Gasteiger partial charge on any atom is 0.208 e. The molecule has 20 heavy (non-hydrogen) atoms. The van der Waals surface area contributed by atoms with Crippen LogP contribution in [0.5, 0.6) is 0 Å². The van der Waals surface area contributed by atoms with E-state index in [1.54, 1.807) is 0 Å². The Labute approximate surface area is 122 Å². The van der Waals surface area contributed by atoms with E-state index in [9.17, 15) is 8.42 Å². The van der Waals surface area contributed by atoms with Crippen LogP contribution in [-0.2, 0) is 10.0 Å². The van der Waals surface area contributed by atoms with E-state index >= 15 is 0 Å². The molecular formula is C15H24N2O2S. The summed E-state index contributed by atoms with van der Waals surface area (Å²) < 4.78 is 24.7. The van der Waals surface area contributed by atoms with Crippen molar-refractivity contribution in [3.63, 3.8) is 0 Å². The van der Waals surface area contributed by atoms with Gasteiger partial charge in [-0.3, -0.25) is 4.90 Å². The van der Waals surface area contributed by atoms with Crippen LogP contribution >= 0.6 is 0 Å². The van der Waals surface area contributed by atoms with Crippen molar-refractivity contribution in [3.8, 4) is 0 Å². The van der Waals surface area contributed by atoms with Gasteiger partial charge in [-0.2, -0.15) is 0 Å². The SMILES string of the molecule is Cc1ccccc1[C@H]1C[C@H](C)N(CCNS(C)(=O)=O)C1. The van der Waals surface area contributed by atoms with E-state index < -0.39 is 10.0 Å². The number of likely N-dealkylation sites (tertiary alicyclic amines) is 1. The molecule has 1 aromatic rings. The summed E-state index contributed by atoms with van der Waals surface area (Å²) in [6.45, 7) is 6.66. The summed E-state index contributed by atoms with van der Waals surface area (Å²) in [5.41, 5.74) is 2.78. The minimum Gasteiger partial charge on any atom is -0.299 e. The van der Waals surface area contributed by atoms with Crippen molar-refractivity contribution < 1.29 is 8.42 Å². The van der Waals surface area contributed by atoms with Gasteiger partial charge in [-0.25, -0.2) is 13.1 Å². The number of hydrogen-bond donors (Lipinski definition) is 1. The molecular weight excluding hydrogens is 272 g/mol. The molecule has 112 valence electrons. The zero-order chi connectivity index (χ0) is 14.8. The molecule has 1 saturated heterocycles. The first kappa shape index (κ1) is 15.5. The number of nitrogens with one attached hydrogen (secondary N) is 1. The Kier molecular flexibility index (Phi) is 4.83. The van der Waals surface area contributed by atoms with Gasteiger partial charge < -0.3 is 0 Å². The maximum atomic E-state index is 11.1. The van der Waals surface area contributed by atoms with Crippen LogP contribution in [0, 0.1) is 6.92 Å². The van der Waals surface area contributed by atoms with Crippen molar-refractivity contribution in [1.82, 2.24) is 9.62 Å². The monoisotopic (exact) mass is 296 g/mol. The van der Waals surface area contributed by atoms with Gasteiger partial charge >= 0.3 is 0 Å². The smallest absolute Gasteiger partial charge is 0.208 e. The van der Waals surface area contributed by atoms with Crippen LogP contribution in [0.4, 0.5) is 0 Å². The van der Waals surface area contributed by atoms with Crippen molar-refractivity contribution in [2.75, 3.05) is 25.9 Å². The molecule has 1 heterocycles. The van der Waals surface area contributed by atoms with E-state index in [1.807, 2.05) is 0 Å². The number of aryl methyl sites for hydroxylation is 1. The van der Waals surface area contributed by atoms with Crippen LogP contribution in [0.15, 0.2) is 24.3 Å². The quantitative estimate of drug-likeness (QED) is 0.900. The normalized spacial score (nSPS) is 24.1. The molecule has 0 amide bonds. The fourth-order valence-electron chi connectivity index (χ4n) is 3.05. The van der Waals surface area contributed by atoms with Crippen molar-refractivity contribution in [1.29, 1.82) is 0 Å². The summed E-state index contributed by atoms with van der Waals surface area (Å²) >= 11 is 0. The number of hydrogen-bond acceptors (Lipinski definition) is 3. The molecule has 1 aliphatic rings. The molecule has 2 atom stereocenters. The molecule has 1 aromatic carbocycles. The molecule has 1 fully saturated rings. The van der Waals surface area contributed by atoms with Gasteiger partial charge in [-0.15, -0.1) is 0 Å². The molecule has 0 radical (unpaired) electrons. The van der Waals surface area contributed by atoms with Gasteiger partial charge in [0, 0.05) is 25.7 Å². The first-order chi connectivity index (χ1) is 9.37. The maximum absolute atomic E-state index is 11.1. The lowest BCUT2D eigenvalue weighted by Gasteiger charge is -2.20. The summed E-state index contributed by atoms with van der Waals surface area (Å²) in [6.07, 6.45) is 2.35. The van der Waals surface area contributed by atoms with E-state index in [0.717, 1.165) is 19.5 Å². The van der Waals surface area contributed by atoms with E-state index in [-0.39, 0.29) is 0 Å². The van der Waals surface area contributed by atoms with E-state index in [1.165, 1.54) is 17.4 Å². The first-order valence-electron chi connectivity index (χ1n) is 7.11. The lowest BCUT2D eigenvalue weighted by molar-refractivity contribution is 0.272. The largest absolute Gasteiger partial charge is 0.299 e. The highest BCUT2D eigenvalue weighted by atomic mass is 32.2. The second-order valence-electron chi connectivity index (χ2n) is 5.80. The van der Waals surface area contributed by atoms with Crippen LogP contribution < -0.4 is 4.72 Å². The molecule has 5 heteroatoms. The van der Waals surface area contributed by atoms with E-state index in [4.69, 9.17) is 0 Å². The summed E-state index contributed by atoms with van der Waals surface area (Å²) in [5, 5.41) is 0. The predicted molar refractivity (Wildman–Crippen MR) is 82.4 cm³/mol. The number of rotatable bonds is 5. The lowest BCUT2D eigenvalue weighted by Crippen LogP contribution is -2.36. The minimum atomic E-state index is -3.08. The molecule has 0 aromatic heterocycles. The second kappa shape index (κ2) is 6.24. The Bertz CT molecular complexity index is 557. The fourth-order valence-corrected chi connectivity index (χ4v) is 3.52. The Balaban J connectivity index is 1.94. The minimum absolute atomic E-state index is 0.490. The van der Waals surface area contributed by atoms with Crippen LogP contribution in [0.25, 0.3) is 0 Å². The zero-order valence-electron chi connectivity index (χ0n) is 12.5. The average molecular weight is 296 g/mol. The third-order valence-electron chi connectivity index (χ3n) is 4.10. The lowest BCUT2D eigenvalue weighted by atomic mass is 9.93. The van der Waals surface area contributed by atoms with Gasteiger partial charge in [0.1, 0.15) is 0 Å². The molecule has 0 bridgehead atoms. The highest BCUT2D eigenvalue weighted by Crippen LogP contribution is 2.32. The van der Waals surface area contributed by atoms with Gasteiger partial charge in [-0.05, 0) is 37.3 Å². The Morgan fingerprint density at radius 3 is 2.70 bits per heavy atom. The molecule has 0 saturated carbocycles. The summed E-state index contributed by atoms with van der Waals surface area (Å²) in [4.78, 5) is 2.37. The fraction of sp³-hybridized carbons (Fsp3) is 0.600. The molecule has 1 aliphatic heterocycles. The van der Waals surface area contributed by atoms with Gasteiger partial charge in [0.05, 0.1) is 6.26 Å². The number of sulfonamides is 1. The van der Waals surface area contributed by atoms with E-state index in [2.05, 4.69) is 47.7 Å². The average Bonchev–Trinajstić information content (AvgIpc) is 2.70. The van der Waals surface area contributed by atoms with Crippen LogP contribution in [0.2, 0.25) is 0 Å². The topological polar surface area (TPSA) is 49.4 Å². The highest BCUT2D eigenvalue weighted by Gasteiger charge is 2.30. The van der Waals surface area contributed by atoms with Crippen molar-refractivity contribution in [3.05, 3.63) is 35.4 Å². The van der Waals surface area contributed by atoms with Crippen molar-refractivity contribution >= 4 is 10.0 Å². The van der Waals surface area contributed by atoms with Gasteiger partial charge in [0.25, 0.3) is 0 Å². The van der Waals surface area contributed by atoms with Crippen LogP contribution in [0.3, 0.4) is 0 Å². The molecule has 0 unspecified atom stereocenters. The Morgan fingerprint density at radius 2 is 2.05 bits per heavy atom. The predicted octanol–water partition coefficient (Wildman–Crippen LogP) is 1.72. The standard InChI is InChI=1S/C15H24N2O2S/c1-12-6-4-5-7-15(12)14-10-13(2)17(11-14)9-8-16-20(3,18)19/h4-7,13-14,16H,8-11H2,1-3H3/t13-,14-/m0/s1. The zero-order valence-corrected chi connectivity index (χ0v) is 13.3. The second-order valence-corrected chi connectivity index (χ2v) is 7.63. The van der Waals surface area contributed by atoms with Gasteiger partial charge in [0.2, 0.25) is 10.0 Å². The third-order valence-corrected chi connectivity index (χ3v) is 4.82. The molecule has 0 aliphatic carbocycles. The molecule has 4 nitrogen and oxygen atoms in total. The van der Waals surface area contributed by atoms with Gasteiger partial charge in [0.15, 0.2) is 0 Å². The molecule has 2 rings (SSSR count). The number of benzene rings is 1. The van der Waals surface area contributed by atoms with Crippen LogP contribution in [0.1, 0.15) is 30.4 Å². The van der Waals surface area contributed by atoms with Crippen LogP contribution in [-0.4, -0.2) is 45.2 Å². The molecule has 0 spiro atoms. The van der Waals surface area contributed by atoms with Crippen molar-refractivity contribution in [2.45, 2.75) is 32.2 Å². The third kappa shape index (κ3) is 4.04. The van der Waals surface area contributed by atoms with E-state index in [0.29, 0.717) is 18.5 Å².